The van der Waals surface area contributed by atoms with Crippen molar-refractivity contribution in [1.29, 1.82) is 0 Å². The molecule has 3 rings (SSSR count). The van der Waals surface area contributed by atoms with Crippen LogP contribution in [0.15, 0.2) is 83.8 Å². The minimum absolute atomic E-state index is 0.0637. The van der Waals surface area contributed by atoms with E-state index >= 15 is 0 Å². The molecule has 164 valence electrons. The number of amides is 1. The third-order valence-corrected chi connectivity index (χ3v) is 5.93. The van der Waals surface area contributed by atoms with Gasteiger partial charge in [0.15, 0.2) is 5.11 Å². The standard InChI is InChI=1S/C21H18N4O5S2/c26-20(18-8-4-5-9-19(18)25(27)28)24-21(31)23-16-10-12-17(13-11-16)32(29,30)22-14-15-6-2-1-3-7-15/h1-13,22H,14H2,(H2,23,24,26,31). The number of thiocarbonyl (C=S) groups is 1. The predicted molar refractivity (Wildman–Crippen MR) is 124 cm³/mol. The van der Waals surface area contributed by atoms with Crippen LogP contribution in [0, 0.1) is 10.1 Å². The molecule has 0 bridgehead atoms. The van der Waals surface area contributed by atoms with Gasteiger partial charge in [0.2, 0.25) is 10.0 Å². The molecule has 0 aliphatic rings. The molecule has 0 fully saturated rings. The second-order valence-corrected chi connectivity index (χ2v) is 8.69. The van der Waals surface area contributed by atoms with Gasteiger partial charge in [-0.3, -0.25) is 20.2 Å². The number of nitro benzene ring substituents is 1. The van der Waals surface area contributed by atoms with Gasteiger partial charge >= 0.3 is 0 Å². The molecule has 11 heteroatoms. The highest BCUT2D eigenvalue weighted by molar-refractivity contribution is 7.89. The highest BCUT2D eigenvalue weighted by Gasteiger charge is 2.20. The Kier molecular flexibility index (Phi) is 7.25. The number of nitrogens with zero attached hydrogens (tertiary/aromatic N) is 1. The second kappa shape index (κ2) is 10.1. The molecule has 9 nitrogen and oxygen atoms in total. The Morgan fingerprint density at radius 3 is 2.22 bits per heavy atom. The maximum atomic E-state index is 12.5. The summed E-state index contributed by atoms with van der Waals surface area (Å²) in [6.07, 6.45) is 0. The minimum atomic E-state index is -3.72. The Balaban J connectivity index is 1.61. The fraction of sp³-hybridized carbons (Fsp3) is 0.0476. The number of nitro groups is 1. The molecule has 0 atom stereocenters. The lowest BCUT2D eigenvalue weighted by molar-refractivity contribution is -0.385. The van der Waals surface area contributed by atoms with E-state index in [1.807, 2.05) is 30.3 Å². The molecule has 0 unspecified atom stereocenters. The number of nitrogens with one attached hydrogen (secondary N) is 3. The summed E-state index contributed by atoms with van der Waals surface area (Å²) in [5.74, 6) is -0.737. The summed E-state index contributed by atoms with van der Waals surface area (Å²) in [6, 6.07) is 20.4. The van der Waals surface area contributed by atoms with Gasteiger partial charge in [-0.15, -0.1) is 0 Å². The van der Waals surface area contributed by atoms with E-state index in [9.17, 15) is 23.3 Å². The van der Waals surface area contributed by atoms with E-state index < -0.39 is 20.9 Å². The zero-order valence-electron chi connectivity index (χ0n) is 16.5. The van der Waals surface area contributed by atoms with Crippen molar-refractivity contribution in [1.82, 2.24) is 10.0 Å². The third-order valence-electron chi connectivity index (χ3n) is 4.30. The highest BCUT2D eigenvalue weighted by atomic mass is 32.2. The number of rotatable bonds is 7. The van der Waals surface area contributed by atoms with Crippen molar-refractivity contribution in [3.8, 4) is 0 Å². The zero-order chi connectivity index (χ0) is 23.1. The number of carbonyl (C=O) groups is 1. The predicted octanol–water partition coefficient (Wildman–Crippen LogP) is 3.20. The summed E-state index contributed by atoms with van der Waals surface area (Å²) in [4.78, 5) is 22.8. The maximum Gasteiger partial charge on any atom is 0.282 e. The molecule has 0 spiro atoms. The molecule has 32 heavy (non-hydrogen) atoms. The molecule has 0 saturated carbocycles. The molecular formula is C21H18N4O5S2. The fourth-order valence-electron chi connectivity index (χ4n) is 2.73. The lowest BCUT2D eigenvalue weighted by Gasteiger charge is -2.11. The Hall–Kier alpha value is -3.67. The first kappa shape index (κ1) is 23.0. The Morgan fingerprint density at radius 1 is 0.938 bits per heavy atom. The van der Waals surface area contributed by atoms with Crippen LogP contribution >= 0.6 is 12.2 Å². The lowest BCUT2D eigenvalue weighted by atomic mass is 10.1. The van der Waals surface area contributed by atoms with Crippen LogP contribution < -0.4 is 15.4 Å². The summed E-state index contributed by atoms with van der Waals surface area (Å²) < 4.78 is 27.4. The Bertz CT molecular complexity index is 1250. The van der Waals surface area contributed by atoms with E-state index in [1.54, 1.807) is 0 Å². The quantitative estimate of drug-likeness (QED) is 0.275. The Morgan fingerprint density at radius 2 is 1.56 bits per heavy atom. The molecule has 0 saturated heterocycles. The van der Waals surface area contributed by atoms with E-state index in [1.165, 1.54) is 48.5 Å². The Labute approximate surface area is 189 Å². The summed E-state index contributed by atoms with van der Waals surface area (Å²) >= 11 is 5.08. The van der Waals surface area contributed by atoms with E-state index in [0.717, 1.165) is 5.56 Å². The molecule has 3 aromatic rings. The molecule has 0 aliphatic carbocycles. The molecule has 0 aliphatic heterocycles. The van der Waals surface area contributed by atoms with E-state index in [0.29, 0.717) is 5.69 Å². The van der Waals surface area contributed by atoms with E-state index in [-0.39, 0.29) is 27.8 Å². The fourth-order valence-corrected chi connectivity index (χ4v) is 3.96. The van der Waals surface area contributed by atoms with E-state index in [2.05, 4.69) is 15.4 Å². The summed E-state index contributed by atoms with van der Waals surface area (Å²) in [7, 11) is -3.72. The molecule has 3 N–H and O–H groups in total. The van der Waals surface area contributed by atoms with Gasteiger partial charge in [-0.1, -0.05) is 42.5 Å². The zero-order valence-corrected chi connectivity index (χ0v) is 18.2. The van der Waals surface area contributed by atoms with Crippen molar-refractivity contribution < 1.29 is 18.1 Å². The number of para-hydroxylation sites is 1. The van der Waals surface area contributed by atoms with Crippen molar-refractivity contribution in [3.63, 3.8) is 0 Å². The smallest absolute Gasteiger partial charge is 0.282 e. The largest absolute Gasteiger partial charge is 0.332 e. The van der Waals surface area contributed by atoms with Crippen molar-refractivity contribution in [2.45, 2.75) is 11.4 Å². The maximum absolute atomic E-state index is 12.5. The molecule has 0 heterocycles. The minimum Gasteiger partial charge on any atom is -0.332 e. The number of sulfonamides is 1. The first-order chi connectivity index (χ1) is 15.3. The number of carbonyl (C=O) groups excluding carboxylic acids is 1. The third kappa shape index (κ3) is 5.94. The van der Waals surface area contributed by atoms with Crippen LogP contribution in [-0.4, -0.2) is 24.4 Å². The van der Waals surface area contributed by atoms with Gasteiger partial charge in [-0.2, -0.15) is 0 Å². The van der Waals surface area contributed by atoms with Crippen molar-refractivity contribution in [2.24, 2.45) is 0 Å². The first-order valence-electron chi connectivity index (χ1n) is 9.26. The average Bonchev–Trinajstić information content (AvgIpc) is 2.78. The van der Waals surface area contributed by atoms with Crippen molar-refractivity contribution in [2.75, 3.05) is 5.32 Å². The van der Waals surface area contributed by atoms with Gasteiger partial charge < -0.3 is 5.32 Å². The molecule has 0 radical (unpaired) electrons. The van der Waals surface area contributed by atoms with Crippen LogP contribution in [0.4, 0.5) is 11.4 Å². The van der Waals surface area contributed by atoms with Crippen LogP contribution in [-0.2, 0) is 16.6 Å². The summed E-state index contributed by atoms with van der Waals surface area (Å²) in [6.45, 7) is 0.158. The molecule has 0 aromatic heterocycles. The summed E-state index contributed by atoms with van der Waals surface area (Å²) in [5.41, 5.74) is 0.784. The monoisotopic (exact) mass is 470 g/mol. The van der Waals surface area contributed by atoms with Crippen LogP contribution in [0.25, 0.3) is 0 Å². The van der Waals surface area contributed by atoms with Gasteiger partial charge in [0.05, 0.1) is 9.82 Å². The molecule has 1 amide bonds. The lowest BCUT2D eigenvalue weighted by Crippen LogP contribution is -2.34. The normalized spacial score (nSPS) is 10.9. The average molecular weight is 471 g/mol. The second-order valence-electron chi connectivity index (χ2n) is 6.52. The first-order valence-corrected chi connectivity index (χ1v) is 11.1. The van der Waals surface area contributed by atoms with Crippen LogP contribution in [0.2, 0.25) is 0 Å². The van der Waals surface area contributed by atoms with E-state index in [4.69, 9.17) is 12.2 Å². The number of hydrogen-bond donors (Lipinski definition) is 3. The molecular weight excluding hydrogens is 452 g/mol. The van der Waals surface area contributed by atoms with Crippen molar-refractivity contribution >= 4 is 44.6 Å². The topological polar surface area (TPSA) is 130 Å². The highest BCUT2D eigenvalue weighted by Crippen LogP contribution is 2.18. The van der Waals surface area contributed by atoms with Crippen LogP contribution in [0.1, 0.15) is 15.9 Å². The number of hydrogen-bond acceptors (Lipinski definition) is 6. The molecule has 3 aromatic carbocycles. The number of benzene rings is 3. The van der Waals surface area contributed by atoms with Crippen LogP contribution in [0.3, 0.4) is 0 Å². The number of anilines is 1. The summed E-state index contributed by atoms with van der Waals surface area (Å²) in [5, 5.41) is 16.1. The van der Waals surface area contributed by atoms with Gasteiger partial charge in [0.1, 0.15) is 5.56 Å². The van der Waals surface area contributed by atoms with Gasteiger partial charge in [-0.25, -0.2) is 13.1 Å². The van der Waals surface area contributed by atoms with Crippen molar-refractivity contribution in [3.05, 3.63) is 100 Å². The SMILES string of the molecule is O=C(NC(=S)Nc1ccc(S(=O)(=O)NCc2ccccc2)cc1)c1ccccc1[N+](=O)[O-]. The van der Waals surface area contributed by atoms with Crippen LogP contribution in [0.5, 0.6) is 0 Å². The van der Waals surface area contributed by atoms with Gasteiger partial charge in [-0.05, 0) is 48.1 Å². The van der Waals surface area contributed by atoms with Gasteiger partial charge in [0.25, 0.3) is 11.6 Å². The van der Waals surface area contributed by atoms with Gasteiger partial charge in [0, 0.05) is 18.3 Å².